The number of hydrogen-bond acceptors (Lipinski definition) is 4. The molecule has 2 N–H and O–H groups in total. The van der Waals surface area contributed by atoms with Gasteiger partial charge in [0.15, 0.2) is 0 Å². The average molecular weight is 306 g/mol. The summed E-state index contributed by atoms with van der Waals surface area (Å²) in [6, 6.07) is 7.81. The molecule has 0 bridgehead atoms. The Hall–Kier alpha value is -1.54. The monoisotopic (exact) mass is 306 g/mol. The lowest BCUT2D eigenvalue weighted by molar-refractivity contribution is 0.113. The van der Waals surface area contributed by atoms with E-state index in [9.17, 15) is 5.11 Å². The minimum absolute atomic E-state index is 0.405. The second kappa shape index (κ2) is 11.1. The van der Waals surface area contributed by atoms with E-state index in [-0.39, 0.29) is 0 Å². The van der Waals surface area contributed by atoms with Crippen LogP contribution in [-0.2, 0) is 11.3 Å². The van der Waals surface area contributed by atoms with Gasteiger partial charge in [-0.05, 0) is 43.9 Å². The molecule has 4 nitrogen and oxygen atoms in total. The second-order valence-corrected chi connectivity index (χ2v) is 5.29. The Morgan fingerprint density at radius 3 is 2.50 bits per heavy atom. The van der Waals surface area contributed by atoms with Gasteiger partial charge in [-0.2, -0.15) is 0 Å². The van der Waals surface area contributed by atoms with Crippen LogP contribution < -0.4 is 4.74 Å². The lowest BCUT2D eigenvalue weighted by Crippen LogP contribution is -2.04. The lowest BCUT2D eigenvalue weighted by atomic mass is 10.1. The van der Waals surface area contributed by atoms with Gasteiger partial charge in [-0.25, -0.2) is 0 Å². The number of benzene rings is 1. The molecule has 1 aromatic rings. The quantitative estimate of drug-likeness (QED) is 0.544. The molecule has 0 radical (unpaired) electrons. The standard InChI is InChI=1S/C18H26O4/c1-15(19)6-5-8-17(20)7-3-4-13-22-14-16-9-11-18(21-2)12-10-16/h9-12,15,17,19-20H,3-4,6-7,13-14H2,1-2H3/t15-,17-/m1/s1. The summed E-state index contributed by atoms with van der Waals surface area (Å²) in [5.74, 6) is 6.35. The molecule has 22 heavy (non-hydrogen) atoms. The zero-order valence-electron chi connectivity index (χ0n) is 13.4. The summed E-state index contributed by atoms with van der Waals surface area (Å²) in [5.41, 5.74) is 1.12. The first kappa shape index (κ1) is 18.5. The fourth-order valence-electron chi connectivity index (χ4n) is 1.85. The van der Waals surface area contributed by atoms with Gasteiger partial charge < -0.3 is 19.7 Å². The Morgan fingerprint density at radius 2 is 1.86 bits per heavy atom. The molecule has 0 saturated heterocycles. The highest BCUT2D eigenvalue weighted by molar-refractivity contribution is 5.26. The van der Waals surface area contributed by atoms with Crippen LogP contribution in [0.3, 0.4) is 0 Å². The Kier molecular flexibility index (Phi) is 9.33. The summed E-state index contributed by atoms with van der Waals surface area (Å²) < 4.78 is 10.7. The molecule has 0 spiro atoms. The van der Waals surface area contributed by atoms with Gasteiger partial charge in [-0.15, -0.1) is 0 Å². The first-order valence-corrected chi connectivity index (χ1v) is 7.67. The van der Waals surface area contributed by atoms with Crippen LogP contribution in [0.1, 0.15) is 38.2 Å². The molecular formula is C18H26O4. The SMILES string of the molecule is COc1ccc(COCCCC[C@@H](O)C#CC[C@@H](C)O)cc1. The zero-order valence-corrected chi connectivity index (χ0v) is 13.4. The highest BCUT2D eigenvalue weighted by Gasteiger charge is 2.00. The maximum Gasteiger partial charge on any atom is 0.118 e. The van der Waals surface area contributed by atoms with Crippen molar-refractivity contribution in [3.8, 4) is 17.6 Å². The van der Waals surface area contributed by atoms with Crippen LogP contribution in [0.5, 0.6) is 5.75 Å². The molecule has 0 fully saturated rings. The highest BCUT2D eigenvalue weighted by atomic mass is 16.5. The van der Waals surface area contributed by atoms with E-state index in [1.807, 2.05) is 24.3 Å². The summed E-state index contributed by atoms with van der Waals surface area (Å²) in [7, 11) is 1.65. The van der Waals surface area contributed by atoms with E-state index < -0.39 is 12.2 Å². The van der Waals surface area contributed by atoms with E-state index in [0.717, 1.165) is 24.2 Å². The Morgan fingerprint density at radius 1 is 1.14 bits per heavy atom. The molecule has 0 aromatic heterocycles. The van der Waals surface area contributed by atoms with Crippen molar-refractivity contribution >= 4 is 0 Å². The fraction of sp³-hybridized carbons (Fsp3) is 0.556. The third-order valence-electron chi connectivity index (χ3n) is 3.11. The van der Waals surface area contributed by atoms with E-state index in [1.54, 1.807) is 14.0 Å². The molecule has 122 valence electrons. The maximum atomic E-state index is 9.64. The molecule has 0 amide bonds. The summed E-state index contributed by atoms with van der Waals surface area (Å²) in [4.78, 5) is 0. The Balaban J connectivity index is 2.06. The summed E-state index contributed by atoms with van der Waals surface area (Å²) in [6.45, 7) is 2.93. The van der Waals surface area contributed by atoms with Crippen LogP contribution >= 0.6 is 0 Å². The molecular weight excluding hydrogens is 280 g/mol. The van der Waals surface area contributed by atoms with Crippen molar-refractivity contribution in [2.45, 2.75) is 51.4 Å². The molecule has 0 aliphatic carbocycles. The molecule has 0 heterocycles. The van der Waals surface area contributed by atoms with Crippen LogP contribution in [0.25, 0.3) is 0 Å². The van der Waals surface area contributed by atoms with Gasteiger partial charge in [-0.1, -0.05) is 24.0 Å². The predicted molar refractivity (Wildman–Crippen MR) is 86.6 cm³/mol. The van der Waals surface area contributed by atoms with Crippen LogP contribution in [0, 0.1) is 11.8 Å². The smallest absolute Gasteiger partial charge is 0.118 e. The summed E-state index contributed by atoms with van der Waals surface area (Å²) in [6.07, 6.45) is 1.76. The van der Waals surface area contributed by atoms with Crippen molar-refractivity contribution in [3.05, 3.63) is 29.8 Å². The molecule has 2 atom stereocenters. The second-order valence-electron chi connectivity index (χ2n) is 5.29. The number of rotatable bonds is 9. The van der Waals surface area contributed by atoms with Crippen molar-refractivity contribution in [1.82, 2.24) is 0 Å². The molecule has 0 aliphatic rings. The molecule has 0 unspecified atom stereocenters. The van der Waals surface area contributed by atoms with Gasteiger partial charge in [0, 0.05) is 13.0 Å². The minimum atomic E-state index is -0.611. The van der Waals surface area contributed by atoms with Crippen LogP contribution in [0.2, 0.25) is 0 Å². The molecule has 0 aliphatic heterocycles. The normalized spacial score (nSPS) is 13.1. The van der Waals surface area contributed by atoms with Gasteiger partial charge in [0.25, 0.3) is 0 Å². The van der Waals surface area contributed by atoms with Gasteiger partial charge in [0.1, 0.15) is 11.9 Å². The van der Waals surface area contributed by atoms with E-state index in [1.165, 1.54) is 0 Å². The summed E-state index contributed by atoms with van der Waals surface area (Å²) >= 11 is 0. The third kappa shape index (κ3) is 8.68. The zero-order chi connectivity index (χ0) is 16.2. The minimum Gasteiger partial charge on any atom is -0.497 e. The van der Waals surface area contributed by atoms with Crippen molar-refractivity contribution in [3.63, 3.8) is 0 Å². The van der Waals surface area contributed by atoms with Gasteiger partial charge in [0.2, 0.25) is 0 Å². The van der Waals surface area contributed by atoms with Crippen molar-refractivity contribution < 1.29 is 19.7 Å². The largest absolute Gasteiger partial charge is 0.497 e. The van der Waals surface area contributed by atoms with Crippen molar-refractivity contribution in [2.75, 3.05) is 13.7 Å². The van der Waals surface area contributed by atoms with E-state index in [4.69, 9.17) is 14.6 Å². The number of methoxy groups -OCH3 is 1. The lowest BCUT2D eigenvalue weighted by Gasteiger charge is -2.06. The third-order valence-corrected chi connectivity index (χ3v) is 3.11. The van der Waals surface area contributed by atoms with Crippen molar-refractivity contribution in [2.24, 2.45) is 0 Å². The van der Waals surface area contributed by atoms with Crippen LogP contribution in [0.4, 0.5) is 0 Å². The van der Waals surface area contributed by atoms with Crippen LogP contribution in [0.15, 0.2) is 24.3 Å². The van der Waals surface area contributed by atoms with Gasteiger partial charge >= 0.3 is 0 Å². The number of aliphatic hydroxyl groups is 2. The summed E-state index contributed by atoms with van der Waals surface area (Å²) in [5, 5.41) is 18.7. The molecule has 0 saturated carbocycles. The Bertz CT molecular complexity index is 456. The number of ether oxygens (including phenoxy) is 2. The predicted octanol–water partition coefficient (Wildman–Crippen LogP) is 2.52. The maximum absolute atomic E-state index is 9.64. The number of unbranched alkanes of at least 4 members (excludes halogenated alkanes) is 1. The van der Waals surface area contributed by atoms with E-state index in [0.29, 0.717) is 26.1 Å². The topological polar surface area (TPSA) is 58.9 Å². The highest BCUT2D eigenvalue weighted by Crippen LogP contribution is 2.12. The van der Waals surface area contributed by atoms with Gasteiger partial charge in [0.05, 0.1) is 19.8 Å². The number of aliphatic hydroxyl groups excluding tert-OH is 2. The van der Waals surface area contributed by atoms with Crippen LogP contribution in [-0.4, -0.2) is 36.1 Å². The molecule has 1 aromatic carbocycles. The first-order chi connectivity index (χ1) is 10.6. The van der Waals surface area contributed by atoms with E-state index in [2.05, 4.69) is 11.8 Å². The Labute approximate surface area is 133 Å². The van der Waals surface area contributed by atoms with E-state index >= 15 is 0 Å². The average Bonchev–Trinajstić information content (AvgIpc) is 2.51. The molecule has 4 heteroatoms. The van der Waals surface area contributed by atoms with Gasteiger partial charge in [-0.3, -0.25) is 0 Å². The number of hydrogen-bond donors (Lipinski definition) is 2. The first-order valence-electron chi connectivity index (χ1n) is 7.67. The fourth-order valence-corrected chi connectivity index (χ4v) is 1.85. The van der Waals surface area contributed by atoms with Crippen molar-refractivity contribution in [1.29, 1.82) is 0 Å². The molecule has 1 rings (SSSR count).